The Kier molecular flexibility index (Phi) is 2.46. The first-order valence-electron chi connectivity index (χ1n) is 4.33. The van der Waals surface area contributed by atoms with E-state index in [4.69, 9.17) is 5.73 Å². The van der Waals surface area contributed by atoms with Crippen LogP contribution in [0.4, 0.5) is 4.39 Å². The van der Waals surface area contributed by atoms with Crippen molar-refractivity contribution in [3.8, 4) is 0 Å². The first kappa shape index (κ1) is 9.52. The topological polar surface area (TPSA) is 38.0 Å². The zero-order valence-electron chi connectivity index (χ0n) is 7.43. The van der Waals surface area contributed by atoms with Crippen LogP contribution >= 0.6 is 15.9 Å². The van der Waals surface area contributed by atoms with Crippen LogP contribution in [0.25, 0.3) is 0 Å². The van der Waals surface area contributed by atoms with Crippen molar-refractivity contribution in [3.05, 3.63) is 45.9 Å². The summed E-state index contributed by atoms with van der Waals surface area (Å²) in [5, 5.41) is 2.97. The fourth-order valence-electron chi connectivity index (χ4n) is 1.56. The van der Waals surface area contributed by atoms with Crippen LogP contribution in [-0.4, -0.2) is 6.54 Å². The van der Waals surface area contributed by atoms with E-state index in [2.05, 4.69) is 21.2 Å². The minimum absolute atomic E-state index is 0.0445. The van der Waals surface area contributed by atoms with Crippen molar-refractivity contribution in [1.82, 2.24) is 5.32 Å². The molecule has 0 unspecified atom stereocenters. The van der Waals surface area contributed by atoms with Crippen LogP contribution in [0.1, 0.15) is 11.5 Å². The highest BCUT2D eigenvalue weighted by molar-refractivity contribution is 9.10. The highest BCUT2D eigenvalue weighted by Gasteiger charge is 2.18. The van der Waals surface area contributed by atoms with Crippen LogP contribution in [0.3, 0.4) is 0 Å². The summed E-state index contributed by atoms with van der Waals surface area (Å²) >= 11 is 3.22. The standard InChI is InChI=1S/C10H10BrFN2/c11-7-1-2-8(9(12)4-7)6-3-10(13)14-5-6/h1-4,6,14H,5,13H2/t6-/m1/s1. The molecular formula is C10H10BrFN2. The Morgan fingerprint density at radius 2 is 2.29 bits per heavy atom. The average molecular weight is 257 g/mol. The van der Waals surface area contributed by atoms with Crippen molar-refractivity contribution in [1.29, 1.82) is 0 Å². The van der Waals surface area contributed by atoms with Crippen molar-refractivity contribution in [2.75, 3.05) is 6.54 Å². The van der Waals surface area contributed by atoms with E-state index >= 15 is 0 Å². The van der Waals surface area contributed by atoms with Crippen molar-refractivity contribution in [3.63, 3.8) is 0 Å². The molecule has 0 aromatic heterocycles. The molecule has 2 rings (SSSR count). The minimum atomic E-state index is -0.197. The van der Waals surface area contributed by atoms with Crippen LogP contribution < -0.4 is 11.1 Å². The molecule has 0 fully saturated rings. The van der Waals surface area contributed by atoms with Crippen molar-refractivity contribution >= 4 is 15.9 Å². The maximum atomic E-state index is 13.5. The fourth-order valence-corrected chi connectivity index (χ4v) is 1.90. The quantitative estimate of drug-likeness (QED) is 0.808. The van der Waals surface area contributed by atoms with Gasteiger partial charge in [0.25, 0.3) is 0 Å². The van der Waals surface area contributed by atoms with E-state index in [0.717, 1.165) is 4.47 Å². The summed E-state index contributed by atoms with van der Waals surface area (Å²) in [7, 11) is 0. The Bertz CT molecular complexity index is 390. The lowest BCUT2D eigenvalue weighted by Gasteiger charge is -2.08. The third-order valence-electron chi connectivity index (χ3n) is 2.27. The molecule has 0 aliphatic carbocycles. The van der Waals surface area contributed by atoms with Gasteiger partial charge in [0.15, 0.2) is 0 Å². The maximum Gasteiger partial charge on any atom is 0.128 e. The molecule has 0 bridgehead atoms. The van der Waals surface area contributed by atoms with Crippen LogP contribution in [0, 0.1) is 5.82 Å². The summed E-state index contributed by atoms with van der Waals surface area (Å²) in [5.74, 6) is 0.470. The van der Waals surface area contributed by atoms with Gasteiger partial charge in [0, 0.05) is 16.9 Å². The Morgan fingerprint density at radius 1 is 1.50 bits per heavy atom. The summed E-state index contributed by atoms with van der Waals surface area (Å²) in [4.78, 5) is 0. The van der Waals surface area contributed by atoms with Gasteiger partial charge >= 0.3 is 0 Å². The summed E-state index contributed by atoms with van der Waals surface area (Å²) in [6, 6.07) is 5.08. The van der Waals surface area contributed by atoms with Gasteiger partial charge in [-0.2, -0.15) is 0 Å². The predicted molar refractivity (Wildman–Crippen MR) is 57.1 cm³/mol. The largest absolute Gasteiger partial charge is 0.386 e. The van der Waals surface area contributed by atoms with Crippen LogP contribution in [0.15, 0.2) is 34.6 Å². The van der Waals surface area contributed by atoms with Crippen LogP contribution in [0.5, 0.6) is 0 Å². The SMILES string of the molecule is NC1=C[C@@H](c2ccc(Br)cc2F)CN1. The molecule has 1 aromatic rings. The first-order chi connectivity index (χ1) is 6.66. The van der Waals surface area contributed by atoms with Gasteiger partial charge in [0.1, 0.15) is 5.82 Å². The maximum absolute atomic E-state index is 13.5. The van der Waals surface area contributed by atoms with E-state index in [1.165, 1.54) is 6.07 Å². The molecule has 0 saturated heterocycles. The van der Waals surface area contributed by atoms with Gasteiger partial charge in [0.05, 0.1) is 5.82 Å². The predicted octanol–water partition coefficient (Wildman–Crippen LogP) is 2.08. The zero-order valence-corrected chi connectivity index (χ0v) is 9.01. The van der Waals surface area contributed by atoms with E-state index in [-0.39, 0.29) is 11.7 Å². The van der Waals surface area contributed by atoms with Crippen molar-refractivity contribution < 1.29 is 4.39 Å². The monoisotopic (exact) mass is 256 g/mol. The van der Waals surface area contributed by atoms with Gasteiger partial charge in [-0.25, -0.2) is 4.39 Å². The lowest BCUT2D eigenvalue weighted by molar-refractivity contribution is 0.598. The van der Waals surface area contributed by atoms with Crippen molar-refractivity contribution in [2.24, 2.45) is 5.73 Å². The zero-order chi connectivity index (χ0) is 10.1. The Balaban J connectivity index is 2.33. The third-order valence-corrected chi connectivity index (χ3v) is 2.76. The second-order valence-corrected chi connectivity index (χ2v) is 4.19. The number of hydrogen-bond acceptors (Lipinski definition) is 2. The normalized spacial score (nSPS) is 20.4. The lowest BCUT2D eigenvalue weighted by Crippen LogP contribution is -2.16. The Labute approximate surface area is 90.1 Å². The number of benzene rings is 1. The molecule has 1 heterocycles. The van der Waals surface area contributed by atoms with E-state index in [0.29, 0.717) is 17.9 Å². The van der Waals surface area contributed by atoms with Gasteiger partial charge in [-0.05, 0) is 23.8 Å². The summed E-state index contributed by atoms with van der Waals surface area (Å²) in [6.45, 7) is 0.671. The number of rotatable bonds is 1. The molecular weight excluding hydrogens is 247 g/mol. The molecule has 0 saturated carbocycles. The van der Waals surface area contributed by atoms with Crippen molar-refractivity contribution in [2.45, 2.75) is 5.92 Å². The smallest absolute Gasteiger partial charge is 0.128 e. The number of halogens is 2. The van der Waals surface area contributed by atoms with Crippen LogP contribution in [-0.2, 0) is 0 Å². The highest BCUT2D eigenvalue weighted by Crippen LogP contribution is 2.25. The highest BCUT2D eigenvalue weighted by atomic mass is 79.9. The number of hydrogen-bond donors (Lipinski definition) is 2. The third kappa shape index (κ3) is 1.75. The van der Waals surface area contributed by atoms with Gasteiger partial charge in [-0.1, -0.05) is 22.0 Å². The molecule has 1 aliphatic rings. The molecule has 74 valence electrons. The Morgan fingerprint density at radius 3 is 2.86 bits per heavy atom. The number of nitrogens with two attached hydrogens (primary N) is 1. The molecule has 0 radical (unpaired) electrons. The van der Waals surface area contributed by atoms with Crippen LogP contribution in [0.2, 0.25) is 0 Å². The molecule has 3 N–H and O–H groups in total. The second-order valence-electron chi connectivity index (χ2n) is 3.28. The Hall–Kier alpha value is -1.03. The summed E-state index contributed by atoms with van der Waals surface area (Å²) in [5.41, 5.74) is 6.24. The second kappa shape index (κ2) is 3.61. The fraction of sp³-hybridized carbons (Fsp3) is 0.200. The average Bonchev–Trinajstić information content (AvgIpc) is 2.51. The summed E-state index contributed by atoms with van der Waals surface area (Å²) in [6.07, 6.45) is 1.84. The minimum Gasteiger partial charge on any atom is -0.386 e. The summed E-state index contributed by atoms with van der Waals surface area (Å²) < 4.78 is 14.3. The molecule has 1 aliphatic heterocycles. The van der Waals surface area contributed by atoms with Gasteiger partial charge in [-0.15, -0.1) is 0 Å². The van der Waals surface area contributed by atoms with Gasteiger partial charge in [-0.3, -0.25) is 0 Å². The molecule has 0 amide bonds. The molecule has 14 heavy (non-hydrogen) atoms. The molecule has 0 spiro atoms. The molecule has 2 nitrogen and oxygen atoms in total. The van der Waals surface area contributed by atoms with E-state index in [1.54, 1.807) is 6.07 Å². The molecule has 1 atom stereocenters. The lowest BCUT2D eigenvalue weighted by atomic mass is 10.0. The molecule has 1 aromatic carbocycles. The van der Waals surface area contributed by atoms with E-state index in [1.807, 2.05) is 12.1 Å². The van der Waals surface area contributed by atoms with E-state index < -0.39 is 0 Å². The van der Waals surface area contributed by atoms with Gasteiger partial charge < -0.3 is 11.1 Å². The number of nitrogens with one attached hydrogen (secondary N) is 1. The van der Waals surface area contributed by atoms with E-state index in [9.17, 15) is 4.39 Å². The molecule has 4 heteroatoms. The van der Waals surface area contributed by atoms with Gasteiger partial charge in [0.2, 0.25) is 0 Å². The first-order valence-corrected chi connectivity index (χ1v) is 5.12.